The van der Waals surface area contributed by atoms with Gasteiger partial charge in [0, 0.05) is 43.2 Å². The maximum atomic E-state index is 12.9. The Hall–Kier alpha value is -2.92. The number of rotatable bonds is 7. The quantitative estimate of drug-likeness (QED) is 0.667. The lowest BCUT2D eigenvalue weighted by Gasteiger charge is -2.20. The van der Waals surface area contributed by atoms with Crippen molar-refractivity contribution in [2.75, 3.05) is 13.6 Å². The van der Waals surface area contributed by atoms with Gasteiger partial charge in [0.2, 0.25) is 0 Å². The summed E-state index contributed by atoms with van der Waals surface area (Å²) in [7, 11) is 1.77. The molecule has 28 heavy (non-hydrogen) atoms. The van der Waals surface area contributed by atoms with Crippen LogP contribution in [0.2, 0.25) is 0 Å². The van der Waals surface area contributed by atoms with Crippen molar-refractivity contribution >= 4 is 5.91 Å². The molecule has 0 aliphatic heterocycles. The van der Waals surface area contributed by atoms with Gasteiger partial charge in [-0.1, -0.05) is 42.5 Å². The fraction of sp³-hybridized carbons (Fsp3) is 0.304. The van der Waals surface area contributed by atoms with E-state index in [2.05, 4.69) is 23.4 Å². The molecule has 2 aromatic carbocycles. The van der Waals surface area contributed by atoms with Crippen LogP contribution in [0, 0.1) is 0 Å². The predicted molar refractivity (Wildman–Crippen MR) is 111 cm³/mol. The Morgan fingerprint density at radius 2 is 1.89 bits per heavy atom. The number of aliphatic hydroxyl groups excluding tert-OH is 1. The molecule has 5 nitrogen and oxygen atoms in total. The first-order valence-corrected chi connectivity index (χ1v) is 9.59. The molecule has 0 bridgehead atoms. The largest absolute Gasteiger partial charge is 0.388 e. The van der Waals surface area contributed by atoms with E-state index in [1.807, 2.05) is 60.8 Å². The summed E-state index contributed by atoms with van der Waals surface area (Å²) in [6.45, 7) is 4.68. The molecule has 0 saturated carbocycles. The lowest BCUT2D eigenvalue weighted by atomic mass is 10.1. The van der Waals surface area contributed by atoms with Crippen LogP contribution in [0.25, 0.3) is 11.4 Å². The van der Waals surface area contributed by atoms with Crippen molar-refractivity contribution in [2.24, 2.45) is 0 Å². The molecule has 0 saturated heterocycles. The summed E-state index contributed by atoms with van der Waals surface area (Å²) >= 11 is 0. The van der Waals surface area contributed by atoms with Crippen LogP contribution in [-0.2, 0) is 0 Å². The number of nitrogens with zero attached hydrogens (tertiary/aromatic N) is 3. The lowest BCUT2D eigenvalue weighted by Crippen LogP contribution is -2.28. The Balaban J connectivity index is 1.69. The van der Waals surface area contributed by atoms with Crippen molar-refractivity contribution in [2.45, 2.75) is 32.4 Å². The van der Waals surface area contributed by atoms with Gasteiger partial charge in [-0.15, -0.1) is 0 Å². The number of benzene rings is 2. The van der Waals surface area contributed by atoms with Crippen LogP contribution >= 0.6 is 0 Å². The van der Waals surface area contributed by atoms with Gasteiger partial charge in [-0.25, -0.2) is 4.98 Å². The maximum Gasteiger partial charge on any atom is 0.253 e. The topological polar surface area (TPSA) is 58.4 Å². The number of carbonyl (C=O) groups is 1. The Morgan fingerprint density at radius 3 is 2.61 bits per heavy atom. The zero-order valence-corrected chi connectivity index (χ0v) is 16.6. The number of carbonyl (C=O) groups excluding carboxylic acids is 1. The summed E-state index contributed by atoms with van der Waals surface area (Å²) in [4.78, 5) is 19.0. The SMILES string of the molecule is CC(C)n1ccnc1-c1cccc(C(=O)N(C)CC[C@@H](O)c2ccccc2)c1. The smallest absolute Gasteiger partial charge is 0.253 e. The molecule has 0 aliphatic carbocycles. The molecule has 1 N–H and O–H groups in total. The molecule has 5 heteroatoms. The van der Waals surface area contributed by atoms with Crippen LogP contribution in [0.1, 0.15) is 48.3 Å². The van der Waals surface area contributed by atoms with Crippen LogP contribution in [0.3, 0.4) is 0 Å². The summed E-state index contributed by atoms with van der Waals surface area (Å²) in [6.07, 6.45) is 3.64. The van der Waals surface area contributed by atoms with Crippen molar-refractivity contribution in [3.05, 3.63) is 78.1 Å². The van der Waals surface area contributed by atoms with E-state index in [0.29, 0.717) is 24.6 Å². The molecular formula is C23H27N3O2. The minimum Gasteiger partial charge on any atom is -0.388 e. The first kappa shape index (κ1) is 19.8. The van der Waals surface area contributed by atoms with Crippen molar-refractivity contribution in [3.63, 3.8) is 0 Å². The van der Waals surface area contributed by atoms with E-state index >= 15 is 0 Å². The van der Waals surface area contributed by atoms with Gasteiger partial charge >= 0.3 is 0 Å². The number of aliphatic hydroxyl groups is 1. The fourth-order valence-electron chi connectivity index (χ4n) is 3.22. The summed E-state index contributed by atoms with van der Waals surface area (Å²) in [5, 5.41) is 10.3. The Kier molecular flexibility index (Phi) is 6.26. The van der Waals surface area contributed by atoms with Crippen LogP contribution < -0.4 is 0 Å². The Bertz CT molecular complexity index is 918. The summed E-state index contributed by atoms with van der Waals surface area (Å²) in [5.74, 6) is 0.788. The monoisotopic (exact) mass is 377 g/mol. The molecule has 0 spiro atoms. The zero-order chi connectivity index (χ0) is 20.1. The predicted octanol–water partition coefficient (Wildman–Crippen LogP) is 4.33. The van der Waals surface area contributed by atoms with E-state index in [0.717, 1.165) is 17.0 Å². The normalized spacial score (nSPS) is 12.2. The van der Waals surface area contributed by atoms with Gasteiger partial charge in [0.05, 0.1) is 6.10 Å². The molecule has 146 valence electrons. The Labute approximate surface area is 166 Å². The second kappa shape index (κ2) is 8.85. The molecule has 1 heterocycles. The molecule has 3 rings (SSSR count). The molecule has 3 aromatic rings. The highest BCUT2D eigenvalue weighted by Gasteiger charge is 2.16. The summed E-state index contributed by atoms with van der Waals surface area (Å²) in [5.41, 5.74) is 2.40. The average Bonchev–Trinajstić information content (AvgIpc) is 3.22. The third-order valence-corrected chi connectivity index (χ3v) is 4.86. The number of imidazole rings is 1. The van der Waals surface area contributed by atoms with Gasteiger partial charge in [0.15, 0.2) is 0 Å². The van der Waals surface area contributed by atoms with E-state index in [9.17, 15) is 9.90 Å². The molecule has 1 aromatic heterocycles. The third kappa shape index (κ3) is 4.49. The van der Waals surface area contributed by atoms with Crippen molar-refractivity contribution in [1.82, 2.24) is 14.5 Å². The highest BCUT2D eigenvalue weighted by atomic mass is 16.3. The molecule has 0 unspecified atom stereocenters. The van der Waals surface area contributed by atoms with Crippen molar-refractivity contribution in [1.29, 1.82) is 0 Å². The zero-order valence-electron chi connectivity index (χ0n) is 16.6. The minimum absolute atomic E-state index is 0.0650. The van der Waals surface area contributed by atoms with E-state index in [1.165, 1.54) is 0 Å². The minimum atomic E-state index is -0.582. The molecule has 0 radical (unpaired) electrons. The number of amides is 1. The summed E-state index contributed by atoms with van der Waals surface area (Å²) < 4.78 is 2.09. The number of aromatic nitrogens is 2. The highest BCUT2D eigenvalue weighted by Crippen LogP contribution is 2.23. The van der Waals surface area contributed by atoms with Gasteiger partial charge in [-0.2, -0.15) is 0 Å². The second-order valence-corrected chi connectivity index (χ2v) is 7.27. The average molecular weight is 377 g/mol. The van der Waals surface area contributed by atoms with Crippen LogP contribution in [0.15, 0.2) is 67.0 Å². The number of hydrogen-bond acceptors (Lipinski definition) is 3. The van der Waals surface area contributed by atoms with Gasteiger partial charge in [0.1, 0.15) is 5.82 Å². The van der Waals surface area contributed by atoms with E-state index in [4.69, 9.17) is 0 Å². The number of hydrogen-bond donors (Lipinski definition) is 1. The van der Waals surface area contributed by atoms with Gasteiger partial charge in [0.25, 0.3) is 5.91 Å². The van der Waals surface area contributed by atoms with Crippen LogP contribution in [0.5, 0.6) is 0 Å². The lowest BCUT2D eigenvalue weighted by molar-refractivity contribution is 0.0761. The summed E-state index contributed by atoms with van der Waals surface area (Å²) in [6, 6.07) is 17.4. The van der Waals surface area contributed by atoms with E-state index in [1.54, 1.807) is 18.1 Å². The van der Waals surface area contributed by atoms with E-state index in [-0.39, 0.29) is 5.91 Å². The first-order chi connectivity index (χ1) is 13.5. The second-order valence-electron chi connectivity index (χ2n) is 7.27. The van der Waals surface area contributed by atoms with Crippen LogP contribution in [0.4, 0.5) is 0 Å². The van der Waals surface area contributed by atoms with Gasteiger partial charge in [-0.05, 0) is 38.0 Å². The fourth-order valence-corrected chi connectivity index (χ4v) is 3.22. The highest BCUT2D eigenvalue weighted by molar-refractivity contribution is 5.95. The molecule has 1 atom stereocenters. The molecule has 1 amide bonds. The molecule has 0 aliphatic rings. The van der Waals surface area contributed by atoms with Crippen molar-refractivity contribution in [3.8, 4) is 11.4 Å². The third-order valence-electron chi connectivity index (χ3n) is 4.86. The van der Waals surface area contributed by atoms with Gasteiger partial charge < -0.3 is 14.6 Å². The van der Waals surface area contributed by atoms with Gasteiger partial charge in [-0.3, -0.25) is 4.79 Å². The Morgan fingerprint density at radius 1 is 1.14 bits per heavy atom. The standard InChI is InChI=1S/C23H27N3O2/c1-17(2)26-15-13-24-22(26)19-10-7-11-20(16-19)23(28)25(3)14-12-21(27)18-8-5-4-6-9-18/h4-11,13,15-17,21,27H,12,14H2,1-3H3/t21-/m1/s1. The molecule has 0 fully saturated rings. The molecular weight excluding hydrogens is 350 g/mol. The van der Waals surface area contributed by atoms with Crippen molar-refractivity contribution < 1.29 is 9.90 Å². The maximum absolute atomic E-state index is 12.9. The van der Waals surface area contributed by atoms with Crippen LogP contribution in [-0.4, -0.2) is 39.1 Å². The first-order valence-electron chi connectivity index (χ1n) is 9.59. The van der Waals surface area contributed by atoms with E-state index < -0.39 is 6.10 Å².